The molecule has 3 rings (SSSR count). The number of hydrogen-bond donors (Lipinski definition) is 2. The minimum atomic E-state index is -0.901. The van der Waals surface area contributed by atoms with Gasteiger partial charge in [0.15, 0.2) is 0 Å². The Kier molecular flexibility index (Phi) is 4.71. The molecular weight excluding hydrogens is 334 g/mol. The summed E-state index contributed by atoms with van der Waals surface area (Å²) in [7, 11) is 0. The van der Waals surface area contributed by atoms with Crippen LogP contribution >= 0.6 is 0 Å². The maximum absolute atomic E-state index is 12.6. The van der Waals surface area contributed by atoms with E-state index < -0.39 is 17.5 Å². The van der Waals surface area contributed by atoms with Crippen molar-refractivity contribution in [2.45, 2.75) is 45.2 Å². The summed E-state index contributed by atoms with van der Waals surface area (Å²) < 4.78 is 5.74. The lowest BCUT2D eigenvalue weighted by Crippen LogP contribution is -2.46. The van der Waals surface area contributed by atoms with E-state index in [9.17, 15) is 14.4 Å². The van der Waals surface area contributed by atoms with Crippen LogP contribution in [0.2, 0.25) is 0 Å². The third-order valence-corrected chi connectivity index (χ3v) is 5.00. The van der Waals surface area contributed by atoms with Crippen LogP contribution in [0.25, 0.3) is 11.0 Å². The maximum Gasteiger partial charge on any atom is 0.325 e. The van der Waals surface area contributed by atoms with Crippen LogP contribution in [0.15, 0.2) is 34.7 Å². The van der Waals surface area contributed by atoms with Crippen LogP contribution < -0.4 is 10.6 Å². The van der Waals surface area contributed by atoms with Gasteiger partial charge in [-0.15, -0.1) is 0 Å². The molecule has 0 saturated carbocycles. The monoisotopic (exact) mass is 357 g/mol. The molecule has 1 aliphatic rings. The molecule has 0 spiro atoms. The van der Waals surface area contributed by atoms with E-state index in [-0.39, 0.29) is 18.5 Å². The molecule has 26 heavy (non-hydrogen) atoms. The number of para-hydroxylation sites is 1. The Hall–Kier alpha value is -2.83. The number of imide groups is 1. The van der Waals surface area contributed by atoms with Crippen LogP contribution in [-0.4, -0.2) is 34.8 Å². The zero-order chi connectivity index (χ0) is 18.9. The Labute approximate surface area is 151 Å². The summed E-state index contributed by atoms with van der Waals surface area (Å²) in [5, 5.41) is 6.45. The zero-order valence-electron chi connectivity index (χ0n) is 15.2. The molecule has 1 aromatic carbocycles. The van der Waals surface area contributed by atoms with Crippen LogP contribution in [0.3, 0.4) is 0 Å². The van der Waals surface area contributed by atoms with Gasteiger partial charge in [-0.1, -0.05) is 32.0 Å². The second kappa shape index (κ2) is 6.82. The van der Waals surface area contributed by atoms with Gasteiger partial charge in [0.05, 0.1) is 6.04 Å². The molecule has 1 aromatic heterocycles. The van der Waals surface area contributed by atoms with Crippen LogP contribution in [0.4, 0.5) is 4.79 Å². The molecule has 1 aliphatic heterocycles. The average molecular weight is 357 g/mol. The van der Waals surface area contributed by atoms with Crippen molar-refractivity contribution in [3.63, 3.8) is 0 Å². The summed E-state index contributed by atoms with van der Waals surface area (Å²) in [5.41, 5.74) is -0.157. The lowest BCUT2D eigenvalue weighted by Gasteiger charge is -2.23. The minimum Gasteiger partial charge on any atom is -0.459 e. The van der Waals surface area contributed by atoms with Crippen LogP contribution in [0, 0.1) is 0 Å². The fourth-order valence-corrected chi connectivity index (χ4v) is 3.27. The van der Waals surface area contributed by atoms with Crippen molar-refractivity contribution in [1.29, 1.82) is 0 Å². The predicted octanol–water partition coefficient (Wildman–Crippen LogP) is 2.72. The fourth-order valence-electron chi connectivity index (χ4n) is 3.27. The first-order valence-electron chi connectivity index (χ1n) is 8.82. The van der Waals surface area contributed by atoms with Crippen LogP contribution in [0.1, 0.15) is 45.4 Å². The number of amides is 4. The summed E-state index contributed by atoms with van der Waals surface area (Å²) in [6.45, 7) is 5.17. The standard InChI is InChI=1S/C19H23N3O4/c1-4-19(5-2)17(24)22(18(25)21-19)11-16(23)20-12(3)15-10-13-8-6-7-9-14(13)26-15/h6-10,12H,4-5,11H2,1-3H3,(H,20,23)(H,21,25)/t12-/m1/s1. The smallest absolute Gasteiger partial charge is 0.325 e. The Morgan fingerprint density at radius 3 is 2.58 bits per heavy atom. The summed E-state index contributed by atoms with van der Waals surface area (Å²) in [4.78, 5) is 38.0. The summed E-state index contributed by atoms with van der Waals surface area (Å²) in [6, 6.07) is 8.55. The highest BCUT2D eigenvalue weighted by Crippen LogP contribution is 2.25. The first-order chi connectivity index (χ1) is 12.4. The third kappa shape index (κ3) is 3.05. The van der Waals surface area contributed by atoms with Gasteiger partial charge in [-0.25, -0.2) is 4.79 Å². The van der Waals surface area contributed by atoms with Gasteiger partial charge in [-0.3, -0.25) is 14.5 Å². The van der Waals surface area contributed by atoms with Crippen molar-refractivity contribution in [3.8, 4) is 0 Å². The topological polar surface area (TPSA) is 91.7 Å². The molecule has 1 fully saturated rings. The molecule has 7 heteroatoms. The highest BCUT2D eigenvalue weighted by atomic mass is 16.3. The van der Waals surface area contributed by atoms with Crippen molar-refractivity contribution in [2.75, 3.05) is 6.54 Å². The molecule has 2 aromatic rings. The van der Waals surface area contributed by atoms with Gasteiger partial charge in [0, 0.05) is 5.39 Å². The third-order valence-electron chi connectivity index (χ3n) is 5.00. The number of fused-ring (bicyclic) bond motifs is 1. The summed E-state index contributed by atoms with van der Waals surface area (Å²) >= 11 is 0. The van der Waals surface area contributed by atoms with E-state index in [0.717, 1.165) is 15.9 Å². The van der Waals surface area contributed by atoms with Gasteiger partial charge in [-0.2, -0.15) is 0 Å². The van der Waals surface area contributed by atoms with E-state index in [2.05, 4.69) is 10.6 Å². The quantitative estimate of drug-likeness (QED) is 0.778. The molecule has 138 valence electrons. The number of carbonyl (C=O) groups excluding carboxylic acids is 3. The highest BCUT2D eigenvalue weighted by Gasteiger charge is 2.49. The molecule has 0 bridgehead atoms. The average Bonchev–Trinajstić information content (AvgIpc) is 3.16. The normalized spacial score (nSPS) is 17.4. The molecule has 1 saturated heterocycles. The molecule has 7 nitrogen and oxygen atoms in total. The summed E-state index contributed by atoms with van der Waals surface area (Å²) in [5.74, 6) is -0.142. The van der Waals surface area contributed by atoms with Gasteiger partial charge < -0.3 is 15.1 Å². The Morgan fingerprint density at radius 2 is 1.96 bits per heavy atom. The lowest BCUT2D eigenvalue weighted by molar-refractivity contribution is -0.135. The molecule has 0 radical (unpaired) electrons. The molecule has 1 atom stereocenters. The van der Waals surface area contributed by atoms with E-state index in [4.69, 9.17) is 4.42 Å². The molecule has 2 heterocycles. The van der Waals surface area contributed by atoms with Gasteiger partial charge in [0.2, 0.25) is 5.91 Å². The van der Waals surface area contributed by atoms with Crippen LogP contribution in [0.5, 0.6) is 0 Å². The molecular formula is C19H23N3O4. The van der Waals surface area contributed by atoms with E-state index >= 15 is 0 Å². The number of rotatable bonds is 6. The first-order valence-corrected chi connectivity index (χ1v) is 8.82. The molecule has 0 aliphatic carbocycles. The second-order valence-corrected chi connectivity index (χ2v) is 6.59. The number of urea groups is 1. The minimum absolute atomic E-state index is 0.309. The van der Waals surface area contributed by atoms with E-state index in [1.807, 2.05) is 44.2 Å². The molecule has 4 amide bonds. The van der Waals surface area contributed by atoms with Gasteiger partial charge in [0.25, 0.3) is 5.91 Å². The van der Waals surface area contributed by atoms with Crippen molar-refractivity contribution in [1.82, 2.24) is 15.5 Å². The first kappa shape index (κ1) is 18.0. The van der Waals surface area contributed by atoms with Gasteiger partial charge >= 0.3 is 6.03 Å². The van der Waals surface area contributed by atoms with Crippen LogP contribution in [-0.2, 0) is 9.59 Å². The number of nitrogens with zero attached hydrogens (tertiary/aromatic N) is 1. The van der Waals surface area contributed by atoms with E-state index in [0.29, 0.717) is 18.6 Å². The van der Waals surface area contributed by atoms with Crippen molar-refractivity contribution in [3.05, 3.63) is 36.1 Å². The maximum atomic E-state index is 12.6. The fraction of sp³-hybridized carbons (Fsp3) is 0.421. The van der Waals surface area contributed by atoms with E-state index in [1.54, 1.807) is 6.92 Å². The SMILES string of the molecule is CCC1(CC)NC(=O)N(CC(=O)N[C@H](C)c2cc3ccccc3o2)C1=O. The number of carbonyl (C=O) groups is 3. The predicted molar refractivity (Wildman–Crippen MR) is 96.3 cm³/mol. The summed E-state index contributed by atoms with van der Waals surface area (Å²) in [6.07, 6.45) is 0.975. The van der Waals surface area contributed by atoms with Crippen molar-refractivity contribution in [2.24, 2.45) is 0 Å². The number of hydrogen-bond acceptors (Lipinski definition) is 4. The van der Waals surface area contributed by atoms with Gasteiger partial charge in [0.1, 0.15) is 23.4 Å². The molecule has 0 unspecified atom stereocenters. The number of nitrogens with one attached hydrogen (secondary N) is 2. The lowest BCUT2D eigenvalue weighted by atomic mass is 9.93. The van der Waals surface area contributed by atoms with Crippen molar-refractivity contribution < 1.29 is 18.8 Å². The number of furan rings is 1. The zero-order valence-corrected chi connectivity index (χ0v) is 15.2. The Balaban J connectivity index is 1.67. The Bertz CT molecular complexity index is 820. The Morgan fingerprint density at radius 1 is 1.27 bits per heavy atom. The second-order valence-electron chi connectivity index (χ2n) is 6.59. The highest BCUT2D eigenvalue weighted by molar-refractivity contribution is 6.09. The van der Waals surface area contributed by atoms with Gasteiger partial charge in [-0.05, 0) is 31.9 Å². The number of benzene rings is 1. The van der Waals surface area contributed by atoms with Crippen molar-refractivity contribution >= 4 is 28.8 Å². The largest absolute Gasteiger partial charge is 0.459 e. The molecule has 2 N–H and O–H groups in total. The van der Waals surface area contributed by atoms with E-state index in [1.165, 1.54) is 0 Å².